The standard InChI is InChI=1S/C13H15NO2/c14-9-13(16)11(7-4-8-12(13)15)10-5-2-1-3-6-10/h1-8,12,15-16H,9,14H2/t12-,13-/m0/s1. The molecule has 0 saturated carbocycles. The number of hydrogen-bond donors (Lipinski definition) is 3. The second-order valence-electron chi connectivity index (χ2n) is 3.90. The zero-order valence-corrected chi connectivity index (χ0v) is 8.88. The summed E-state index contributed by atoms with van der Waals surface area (Å²) < 4.78 is 0. The van der Waals surface area contributed by atoms with Crippen LogP contribution in [0.2, 0.25) is 0 Å². The Kier molecular flexibility index (Phi) is 2.92. The third-order valence-electron chi connectivity index (χ3n) is 2.91. The van der Waals surface area contributed by atoms with Gasteiger partial charge in [0.25, 0.3) is 0 Å². The first-order valence-corrected chi connectivity index (χ1v) is 5.23. The van der Waals surface area contributed by atoms with E-state index in [9.17, 15) is 10.2 Å². The molecule has 0 amide bonds. The van der Waals surface area contributed by atoms with Crippen LogP contribution in [0.5, 0.6) is 0 Å². The van der Waals surface area contributed by atoms with Gasteiger partial charge in [-0.05, 0) is 11.1 Å². The maximum atomic E-state index is 10.4. The van der Waals surface area contributed by atoms with E-state index >= 15 is 0 Å². The maximum absolute atomic E-state index is 10.4. The summed E-state index contributed by atoms with van der Waals surface area (Å²) in [7, 11) is 0. The summed E-state index contributed by atoms with van der Waals surface area (Å²) in [6.07, 6.45) is 4.10. The third-order valence-corrected chi connectivity index (χ3v) is 2.91. The van der Waals surface area contributed by atoms with Crippen molar-refractivity contribution in [3.63, 3.8) is 0 Å². The summed E-state index contributed by atoms with van der Waals surface area (Å²) in [6.45, 7) is -0.0146. The fraction of sp³-hybridized carbons (Fsp3) is 0.231. The van der Waals surface area contributed by atoms with Crippen LogP contribution in [0, 0.1) is 0 Å². The van der Waals surface area contributed by atoms with Crippen molar-refractivity contribution < 1.29 is 10.2 Å². The van der Waals surface area contributed by atoms with Gasteiger partial charge in [0.05, 0.1) is 0 Å². The molecular weight excluding hydrogens is 202 g/mol. The minimum Gasteiger partial charge on any atom is -0.386 e. The molecule has 4 N–H and O–H groups in total. The number of aliphatic hydroxyl groups is 2. The van der Waals surface area contributed by atoms with Crippen molar-refractivity contribution >= 4 is 5.57 Å². The predicted octanol–water partition coefficient (Wildman–Crippen LogP) is 0.690. The lowest BCUT2D eigenvalue weighted by Crippen LogP contribution is -2.49. The molecule has 0 unspecified atom stereocenters. The van der Waals surface area contributed by atoms with Crippen molar-refractivity contribution in [3.05, 3.63) is 54.1 Å². The minimum absolute atomic E-state index is 0.0146. The van der Waals surface area contributed by atoms with Crippen molar-refractivity contribution in [3.8, 4) is 0 Å². The summed E-state index contributed by atoms with van der Waals surface area (Å²) >= 11 is 0. The van der Waals surface area contributed by atoms with Gasteiger partial charge in [-0.25, -0.2) is 0 Å². The highest BCUT2D eigenvalue weighted by Gasteiger charge is 2.38. The van der Waals surface area contributed by atoms with Crippen molar-refractivity contribution in [2.75, 3.05) is 6.54 Å². The average molecular weight is 217 g/mol. The second kappa shape index (κ2) is 4.22. The fourth-order valence-corrected chi connectivity index (χ4v) is 1.91. The Bertz CT molecular complexity index is 425. The first-order chi connectivity index (χ1) is 7.68. The maximum Gasteiger partial charge on any atom is 0.132 e. The van der Waals surface area contributed by atoms with Crippen LogP contribution in [-0.4, -0.2) is 28.5 Å². The lowest BCUT2D eigenvalue weighted by Gasteiger charge is -2.35. The monoisotopic (exact) mass is 217 g/mol. The molecule has 0 heterocycles. The van der Waals surface area contributed by atoms with Crippen LogP contribution >= 0.6 is 0 Å². The van der Waals surface area contributed by atoms with Gasteiger partial charge in [0, 0.05) is 6.54 Å². The lowest BCUT2D eigenvalue weighted by atomic mass is 9.80. The number of allylic oxidation sites excluding steroid dienone is 2. The van der Waals surface area contributed by atoms with E-state index < -0.39 is 11.7 Å². The molecule has 0 saturated heterocycles. The minimum atomic E-state index is -1.39. The SMILES string of the molecule is NC[C@]1(O)C(c2ccccc2)=CC=C[C@@H]1O. The molecule has 1 aromatic rings. The molecule has 0 spiro atoms. The molecule has 1 aromatic carbocycles. The quantitative estimate of drug-likeness (QED) is 0.683. The molecule has 2 rings (SSSR count). The van der Waals surface area contributed by atoms with Gasteiger partial charge in [-0.3, -0.25) is 0 Å². The Balaban J connectivity index is 2.47. The van der Waals surface area contributed by atoms with Gasteiger partial charge in [0.2, 0.25) is 0 Å². The largest absolute Gasteiger partial charge is 0.386 e. The Morgan fingerprint density at radius 2 is 1.94 bits per heavy atom. The van der Waals surface area contributed by atoms with Crippen LogP contribution in [0.3, 0.4) is 0 Å². The van der Waals surface area contributed by atoms with E-state index in [0.717, 1.165) is 5.56 Å². The van der Waals surface area contributed by atoms with Crippen LogP contribution < -0.4 is 5.73 Å². The number of hydrogen-bond acceptors (Lipinski definition) is 3. The average Bonchev–Trinajstić information content (AvgIpc) is 2.34. The number of rotatable bonds is 2. The van der Waals surface area contributed by atoms with E-state index in [1.54, 1.807) is 18.2 Å². The topological polar surface area (TPSA) is 66.5 Å². The summed E-state index contributed by atoms with van der Waals surface area (Å²) in [5.41, 5.74) is 5.71. The Morgan fingerprint density at radius 3 is 2.56 bits per heavy atom. The smallest absolute Gasteiger partial charge is 0.132 e. The summed E-state index contributed by atoms with van der Waals surface area (Å²) in [5, 5.41) is 20.2. The van der Waals surface area contributed by atoms with E-state index in [1.165, 1.54) is 0 Å². The Morgan fingerprint density at radius 1 is 1.25 bits per heavy atom. The van der Waals surface area contributed by atoms with Gasteiger partial charge >= 0.3 is 0 Å². The van der Waals surface area contributed by atoms with Crippen LogP contribution in [0.1, 0.15) is 5.56 Å². The zero-order valence-electron chi connectivity index (χ0n) is 8.88. The molecule has 1 aliphatic rings. The lowest BCUT2D eigenvalue weighted by molar-refractivity contribution is 0.000114. The Labute approximate surface area is 94.5 Å². The first kappa shape index (κ1) is 11.1. The van der Waals surface area contributed by atoms with Gasteiger partial charge in [0.15, 0.2) is 0 Å². The number of benzene rings is 1. The fourth-order valence-electron chi connectivity index (χ4n) is 1.91. The molecule has 3 nitrogen and oxygen atoms in total. The van der Waals surface area contributed by atoms with Gasteiger partial charge < -0.3 is 15.9 Å². The molecule has 2 atom stereocenters. The van der Waals surface area contributed by atoms with E-state index in [0.29, 0.717) is 5.57 Å². The van der Waals surface area contributed by atoms with Crippen molar-refractivity contribution in [1.82, 2.24) is 0 Å². The van der Waals surface area contributed by atoms with Crippen LogP contribution in [0.4, 0.5) is 0 Å². The van der Waals surface area contributed by atoms with Crippen molar-refractivity contribution in [1.29, 1.82) is 0 Å². The van der Waals surface area contributed by atoms with Crippen molar-refractivity contribution in [2.24, 2.45) is 5.73 Å². The normalized spacial score (nSPS) is 28.9. The van der Waals surface area contributed by atoms with Crippen molar-refractivity contribution in [2.45, 2.75) is 11.7 Å². The third kappa shape index (κ3) is 1.69. The second-order valence-corrected chi connectivity index (χ2v) is 3.90. The number of aliphatic hydroxyl groups excluding tert-OH is 1. The molecular formula is C13H15NO2. The van der Waals surface area contributed by atoms with Crippen LogP contribution in [0.25, 0.3) is 5.57 Å². The molecule has 0 aromatic heterocycles. The van der Waals surface area contributed by atoms with Gasteiger partial charge in [-0.15, -0.1) is 0 Å². The van der Waals surface area contributed by atoms with Gasteiger partial charge in [0.1, 0.15) is 11.7 Å². The number of nitrogens with two attached hydrogens (primary N) is 1. The highest BCUT2D eigenvalue weighted by Crippen LogP contribution is 2.32. The van der Waals surface area contributed by atoms with E-state index in [1.807, 2.05) is 30.3 Å². The van der Waals surface area contributed by atoms with E-state index in [-0.39, 0.29) is 6.54 Å². The zero-order chi connectivity index (χ0) is 11.6. The summed E-state index contributed by atoms with van der Waals surface area (Å²) in [4.78, 5) is 0. The molecule has 0 bridgehead atoms. The molecule has 16 heavy (non-hydrogen) atoms. The first-order valence-electron chi connectivity index (χ1n) is 5.23. The molecule has 84 valence electrons. The van der Waals surface area contributed by atoms with Gasteiger partial charge in [-0.2, -0.15) is 0 Å². The molecule has 1 aliphatic carbocycles. The molecule has 0 fully saturated rings. The van der Waals surface area contributed by atoms with E-state index in [4.69, 9.17) is 5.73 Å². The highest BCUT2D eigenvalue weighted by molar-refractivity contribution is 5.76. The van der Waals surface area contributed by atoms with Gasteiger partial charge in [-0.1, -0.05) is 48.6 Å². The van der Waals surface area contributed by atoms with Crippen LogP contribution in [0.15, 0.2) is 48.6 Å². The Hall–Kier alpha value is -1.42. The molecule has 3 heteroatoms. The summed E-state index contributed by atoms with van der Waals surface area (Å²) in [5.74, 6) is 0. The molecule has 0 aliphatic heterocycles. The van der Waals surface area contributed by atoms with Crippen LogP contribution in [-0.2, 0) is 0 Å². The molecule has 0 radical (unpaired) electrons. The summed E-state index contributed by atoms with van der Waals surface area (Å²) in [6, 6.07) is 9.45. The predicted molar refractivity (Wildman–Crippen MR) is 63.6 cm³/mol. The highest BCUT2D eigenvalue weighted by atomic mass is 16.3. The van der Waals surface area contributed by atoms with E-state index in [2.05, 4.69) is 0 Å².